The number of esters is 1. The molecule has 0 fully saturated rings. The van der Waals surface area contributed by atoms with Crippen molar-refractivity contribution in [3.8, 4) is 11.5 Å². The molecule has 112 valence electrons. The Labute approximate surface area is 118 Å². The maximum Gasteiger partial charge on any atom is 0.338 e. The first-order valence-corrected chi connectivity index (χ1v) is 6.17. The Morgan fingerprint density at radius 2 is 2.00 bits per heavy atom. The molecule has 1 rings (SSSR count). The number of hydrogen-bond acceptors (Lipinski definition) is 6. The second-order valence-corrected chi connectivity index (χ2v) is 4.55. The molecule has 0 bridgehead atoms. The third kappa shape index (κ3) is 4.11. The first-order chi connectivity index (χ1) is 9.44. The van der Waals surface area contributed by atoms with Crippen molar-refractivity contribution in [2.75, 3.05) is 27.9 Å². The molecule has 0 amide bonds. The van der Waals surface area contributed by atoms with Crippen molar-refractivity contribution in [1.29, 1.82) is 0 Å². The van der Waals surface area contributed by atoms with Crippen molar-refractivity contribution in [2.45, 2.75) is 19.1 Å². The van der Waals surface area contributed by atoms with Gasteiger partial charge in [0.15, 0.2) is 5.60 Å². The molecule has 1 unspecified atom stereocenters. The second kappa shape index (κ2) is 7.12. The summed E-state index contributed by atoms with van der Waals surface area (Å²) in [6.07, 6.45) is 0. The minimum absolute atomic E-state index is 0.0782. The van der Waals surface area contributed by atoms with E-state index in [2.05, 4.69) is 10.1 Å². The Balaban J connectivity index is 2.64. The first-order valence-electron chi connectivity index (χ1n) is 6.17. The molecule has 6 nitrogen and oxygen atoms in total. The fraction of sp³-hybridized carbons (Fsp3) is 0.500. The van der Waals surface area contributed by atoms with Gasteiger partial charge in [0.05, 0.1) is 21.3 Å². The van der Waals surface area contributed by atoms with Crippen LogP contribution < -0.4 is 14.8 Å². The molecule has 0 spiro atoms. The van der Waals surface area contributed by atoms with Gasteiger partial charge in [0.25, 0.3) is 0 Å². The summed E-state index contributed by atoms with van der Waals surface area (Å²) in [5.41, 5.74) is -0.664. The van der Waals surface area contributed by atoms with Crippen LogP contribution in [0.5, 0.6) is 11.5 Å². The molecule has 0 saturated heterocycles. The molecule has 0 saturated carbocycles. The zero-order valence-electron chi connectivity index (χ0n) is 12.2. The quantitative estimate of drug-likeness (QED) is 0.718. The van der Waals surface area contributed by atoms with E-state index in [1.807, 2.05) is 12.1 Å². The molecule has 0 aliphatic rings. The molecule has 2 N–H and O–H groups in total. The van der Waals surface area contributed by atoms with E-state index in [-0.39, 0.29) is 6.54 Å². The van der Waals surface area contributed by atoms with Crippen LogP contribution in [0.2, 0.25) is 0 Å². The lowest BCUT2D eigenvalue weighted by molar-refractivity contribution is -0.159. The van der Waals surface area contributed by atoms with E-state index in [1.165, 1.54) is 14.0 Å². The summed E-state index contributed by atoms with van der Waals surface area (Å²) in [5.74, 6) is 0.702. The fourth-order valence-corrected chi connectivity index (χ4v) is 1.73. The molecule has 1 atom stereocenters. The highest BCUT2D eigenvalue weighted by molar-refractivity contribution is 5.78. The summed E-state index contributed by atoms with van der Waals surface area (Å²) < 4.78 is 14.9. The zero-order valence-corrected chi connectivity index (χ0v) is 12.2. The van der Waals surface area contributed by atoms with Gasteiger partial charge in [-0.2, -0.15) is 0 Å². The molecule has 1 aromatic carbocycles. The van der Waals surface area contributed by atoms with E-state index in [4.69, 9.17) is 9.47 Å². The van der Waals surface area contributed by atoms with Gasteiger partial charge in [-0.25, -0.2) is 4.79 Å². The Morgan fingerprint density at radius 1 is 1.30 bits per heavy atom. The Morgan fingerprint density at radius 3 is 2.55 bits per heavy atom. The number of carbonyl (C=O) groups is 1. The maximum atomic E-state index is 11.3. The Bertz CT molecular complexity index is 459. The monoisotopic (exact) mass is 283 g/mol. The highest BCUT2D eigenvalue weighted by Crippen LogP contribution is 2.24. The molecule has 0 aliphatic heterocycles. The van der Waals surface area contributed by atoms with E-state index in [1.54, 1.807) is 20.3 Å². The molecule has 6 heteroatoms. The van der Waals surface area contributed by atoms with Gasteiger partial charge < -0.3 is 24.6 Å². The van der Waals surface area contributed by atoms with Crippen LogP contribution in [-0.2, 0) is 16.1 Å². The SMILES string of the molecule is COC(=O)C(C)(O)CNCc1ccc(OC)cc1OC. The van der Waals surface area contributed by atoms with Crippen LogP contribution in [0.25, 0.3) is 0 Å². The van der Waals surface area contributed by atoms with Crippen LogP contribution in [0.3, 0.4) is 0 Å². The zero-order chi connectivity index (χ0) is 15.2. The molecule has 0 aliphatic carbocycles. The van der Waals surface area contributed by atoms with Gasteiger partial charge in [0.1, 0.15) is 11.5 Å². The van der Waals surface area contributed by atoms with Gasteiger partial charge in [0.2, 0.25) is 0 Å². The molecular formula is C14H21NO5. The largest absolute Gasteiger partial charge is 0.497 e. The molecule has 0 radical (unpaired) electrons. The van der Waals surface area contributed by atoms with E-state index in [0.29, 0.717) is 18.0 Å². The summed E-state index contributed by atoms with van der Waals surface area (Å²) in [5, 5.41) is 12.9. The molecule has 20 heavy (non-hydrogen) atoms. The number of nitrogens with one attached hydrogen (secondary N) is 1. The Kier molecular flexibility index (Phi) is 5.79. The summed E-state index contributed by atoms with van der Waals surface area (Å²) in [7, 11) is 4.40. The Hall–Kier alpha value is -1.79. The van der Waals surface area contributed by atoms with Crippen molar-refractivity contribution >= 4 is 5.97 Å². The van der Waals surface area contributed by atoms with E-state index < -0.39 is 11.6 Å². The van der Waals surface area contributed by atoms with Crippen LogP contribution in [0.4, 0.5) is 0 Å². The van der Waals surface area contributed by atoms with Crippen LogP contribution in [0.15, 0.2) is 18.2 Å². The lowest BCUT2D eigenvalue weighted by Crippen LogP contribution is -2.45. The van der Waals surface area contributed by atoms with Crippen molar-refractivity contribution in [3.05, 3.63) is 23.8 Å². The highest BCUT2D eigenvalue weighted by Gasteiger charge is 2.30. The average molecular weight is 283 g/mol. The number of methoxy groups -OCH3 is 3. The van der Waals surface area contributed by atoms with E-state index >= 15 is 0 Å². The average Bonchev–Trinajstić information content (AvgIpc) is 2.46. The fourth-order valence-electron chi connectivity index (χ4n) is 1.73. The number of carbonyl (C=O) groups excluding carboxylic acids is 1. The van der Waals surface area contributed by atoms with Crippen molar-refractivity contribution in [2.24, 2.45) is 0 Å². The molecule has 0 heterocycles. The normalized spacial score (nSPS) is 13.4. The first kappa shape index (κ1) is 16.3. The third-order valence-corrected chi connectivity index (χ3v) is 2.90. The maximum absolute atomic E-state index is 11.3. The summed E-state index contributed by atoms with van der Waals surface area (Å²) >= 11 is 0. The van der Waals surface area contributed by atoms with Crippen molar-refractivity contribution in [3.63, 3.8) is 0 Å². The number of aliphatic hydroxyl groups is 1. The molecular weight excluding hydrogens is 262 g/mol. The van der Waals surface area contributed by atoms with Gasteiger partial charge in [-0.15, -0.1) is 0 Å². The number of hydrogen-bond donors (Lipinski definition) is 2. The molecule has 0 aromatic heterocycles. The predicted octanol–water partition coefficient (Wildman–Crippen LogP) is 0.717. The van der Waals surface area contributed by atoms with E-state index in [0.717, 1.165) is 5.56 Å². The van der Waals surface area contributed by atoms with Crippen molar-refractivity contribution < 1.29 is 24.1 Å². The third-order valence-electron chi connectivity index (χ3n) is 2.90. The highest BCUT2D eigenvalue weighted by atomic mass is 16.5. The second-order valence-electron chi connectivity index (χ2n) is 4.55. The van der Waals surface area contributed by atoms with Crippen LogP contribution >= 0.6 is 0 Å². The van der Waals surface area contributed by atoms with Crippen LogP contribution in [0.1, 0.15) is 12.5 Å². The van der Waals surface area contributed by atoms with Crippen LogP contribution in [0, 0.1) is 0 Å². The molecule has 1 aromatic rings. The van der Waals surface area contributed by atoms with Gasteiger partial charge in [-0.3, -0.25) is 0 Å². The van der Waals surface area contributed by atoms with Gasteiger partial charge in [-0.05, 0) is 13.0 Å². The minimum Gasteiger partial charge on any atom is -0.497 e. The van der Waals surface area contributed by atoms with Gasteiger partial charge in [0, 0.05) is 24.7 Å². The number of ether oxygens (including phenoxy) is 3. The number of rotatable bonds is 7. The number of benzene rings is 1. The smallest absolute Gasteiger partial charge is 0.338 e. The van der Waals surface area contributed by atoms with E-state index in [9.17, 15) is 9.90 Å². The van der Waals surface area contributed by atoms with Crippen molar-refractivity contribution in [1.82, 2.24) is 5.32 Å². The van der Waals surface area contributed by atoms with Crippen LogP contribution in [-0.4, -0.2) is 44.6 Å². The standard InChI is InChI=1S/C14H21NO5/c1-14(17,13(16)20-4)9-15-8-10-5-6-11(18-2)7-12(10)19-3/h5-7,15,17H,8-9H2,1-4H3. The summed E-state index contributed by atoms with van der Waals surface area (Å²) in [4.78, 5) is 11.3. The summed E-state index contributed by atoms with van der Waals surface area (Å²) in [6, 6.07) is 5.45. The lowest BCUT2D eigenvalue weighted by Gasteiger charge is -2.21. The van der Waals surface area contributed by atoms with Gasteiger partial charge in [-0.1, -0.05) is 6.07 Å². The predicted molar refractivity (Wildman–Crippen MR) is 73.9 cm³/mol. The minimum atomic E-state index is -1.56. The lowest BCUT2D eigenvalue weighted by atomic mass is 10.1. The summed E-state index contributed by atoms with van der Waals surface area (Å²) in [6.45, 7) is 1.92. The topological polar surface area (TPSA) is 77.0 Å². The van der Waals surface area contributed by atoms with Gasteiger partial charge >= 0.3 is 5.97 Å².